The molecule has 0 heterocycles. The first kappa shape index (κ1) is 19.0. The molecule has 0 fully saturated rings. The highest BCUT2D eigenvalue weighted by atomic mass is 16.6. The summed E-state index contributed by atoms with van der Waals surface area (Å²) in [5.41, 5.74) is 0.601. The summed E-state index contributed by atoms with van der Waals surface area (Å²) in [7, 11) is 0. The van der Waals surface area contributed by atoms with Gasteiger partial charge in [0.25, 0.3) is 0 Å². The number of amides is 1. The summed E-state index contributed by atoms with van der Waals surface area (Å²) in [4.78, 5) is 23.0. The van der Waals surface area contributed by atoms with Crippen molar-refractivity contribution in [3.63, 3.8) is 0 Å². The van der Waals surface area contributed by atoms with Crippen molar-refractivity contribution in [2.24, 2.45) is 0 Å². The Bertz CT molecular complexity index is 484. The molecule has 0 spiro atoms. The Morgan fingerprint density at radius 1 is 1.09 bits per heavy atom. The van der Waals surface area contributed by atoms with E-state index in [0.29, 0.717) is 17.9 Å². The number of anilines is 1. The number of nitrogens with one attached hydrogen (secondary N) is 1. The van der Waals surface area contributed by atoms with Crippen LogP contribution in [-0.4, -0.2) is 18.2 Å². The lowest BCUT2D eigenvalue weighted by Crippen LogP contribution is -2.20. The van der Waals surface area contributed by atoms with Gasteiger partial charge in [-0.25, -0.2) is 4.79 Å². The van der Waals surface area contributed by atoms with E-state index >= 15 is 0 Å². The monoisotopic (exact) mass is 321 g/mol. The van der Waals surface area contributed by atoms with E-state index in [2.05, 4.69) is 12.2 Å². The number of hydrogen-bond donors (Lipinski definition) is 1. The predicted molar refractivity (Wildman–Crippen MR) is 90.7 cm³/mol. The van der Waals surface area contributed by atoms with Crippen molar-refractivity contribution >= 4 is 17.7 Å². The van der Waals surface area contributed by atoms with Crippen LogP contribution in [0.4, 0.5) is 10.5 Å². The van der Waals surface area contributed by atoms with Gasteiger partial charge in [-0.1, -0.05) is 33.1 Å². The van der Waals surface area contributed by atoms with Gasteiger partial charge in [0.1, 0.15) is 11.9 Å². The number of ether oxygens (including phenoxy) is 2. The number of unbranched alkanes of at least 4 members (excludes halogenated alkanes) is 3. The molecule has 0 saturated carbocycles. The summed E-state index contributed by atoms with van der Waals surface area (Å²) in [6.07, 6.45) is 5.28. The molecule has 1 amide bonds. The Labute approximate surface area is 138 Å². The molecule has 23 heavy (non-hydrogen) atoms. The van der Waals surface area contributed by atoms with Crippen molar-refractivity contribution < 1.29 is 19.1 Å². The molecule has 1 aromatic rings. The maximum Gasteiger partial charge on any atom is 0.411 e. The Morgan fingerprint density at radius 3 is 2.39 bits per heavy atom. The molecule has 1 unspecified atom stereocenters. The highest BCUT2D eigenvalue weighted by Gasteiger charge is 2.10. The summed E-state index contributed by atoms with van der Waals surface area (Å²) >= 11 is 0. The zero-order valence-corrected chi connectivity index (χ0v) is 14.3. The molecular weight excluding hydrogens is 294 g/mol. The Balaban J connectivity index is 2.34. The lowest BCUT2D eigenvalue weighted by Gasteiger charge is -2.14. The molecule has 5 nitrogen and oxygen atoms in total. The number of carbonyl (C=O) groups excluding carboxylic acids is 2. The van der Waals surface area contributed by atoms with Crippen LogP contribution in [0, 0.1) is 0 Å². The van der Waals surface area contributed by atoms with Crippen molar-refractivity contribution in [2.45, 2.75) is 65.4 Å². The Kier molecular flexibility index (Phi) is 8.80. The second kappa shape index (κ2) is 10.6. The lowest BCUT2D eigenvalue weighted by atomic mass is 10.1. The van der Waals surface area contributed by atoms with Gasteiger partial charge in [-0.05, 0) is 44.0 Å². The van der Waals surface area contributed by atoms with Crippen molar-refractivity contribution in [3.8, 4) is 5.75 Å². The molecular formula is C18H27NO4. The molecule has 1 rings (SSSR count). The minimum absolute atomic E-state index is 0.100. The van der Waals surface area contributed by atoms with Gasteiger partial charge in [0.05, 0.1) is 0 Å². The molecule has 0 aliphatic heterocycles. The number of carbonyl (C=O) groups is 2. The summed E-state index contributed by atoms with van der Waals surface area (Å²) in [6, 6.07) is 6.62. The third kappa shape index (κ3) is 8.24. The van der Waals surface area contributed by atoms with Gasteiger partial charge >= 0.3 is 12.1 Å². The zero-order chi connectivity index (χ0) is 17.1. The number of benzene rings is 1. The Morgan fingerprint density at radius 2 is 1.78 bits per heavy atom. The van der Waals surface area contributed by atoms with Crippen LogP contribution < -0.4 is 10.1 Å². The maximum absolute atomic E-state index is 11.8. The predicted octanol–water partition coefficient (Wildman–Crippen LogP) is 4.91. The van der Waals surface area contributed by atoms with Crippen LogP contribution in [0.2, 0.25) is 0 Å². The van der Waals surface area contributed by atoms with Crippen molar-refractivity contribution in [1.29, 1.82) is 0 Å². The standard InChI is InChI=1S/C18H27NO4/c1-4-6-7-8-9-14(3)22-18(21)19-15-10-12-16(13-11-15)23-17(20)5-2/h10-14H,4-9H2,1-3H3,(H,19,21). The maximum atomic E-state index is 11.8. The fourth-order valence-corrected chi connectivity index (χ4v) is 2.06. The quantitative estimate of drug-likeness (QED) is 0.399. The highest BCUT2D eigenvalue weighted by Crippen LogP contribution is 2.17. The first-order valence-electron chi connectivity index (χ1n) is 8.33. The van der Waals surface area contributed by atoms with Gasteiger partial charge in [-0.2, -0.15) is 0 Å². The topological polar surface area (TPSA) is 64.6 Å². The van der Waals surface area contributed by atoms with E-state index in [1.165, 1.54) is 19.3 Å². The van der Waals surface area contributed by atoms with Crippen molar-refractivity contribution in [2.75, 3.05) is 5.32 Å². The van der Waals surface area contributed by atoms with E-state index in [0.717, 1.165) is 12.8 Å². The molecule has 0 bridgehead atoms. The number of esters is 1. The third-order valence-electron chi connectivity index (χ3n) is 3.39. The second-order valence-electron chi connectivity index (χ2n) is 5.54. The smallest absolute Gasteiger partial charge is 0.411 e. The molecule has 0 radical (unpaired) electrons. The van der Waals surface area contributed by atoms with Crippen molar-refractivity contribution in [3.05, 3.63) is 24.3 Å². The minimum atomic E-state index is -0.466. The summed E-state index contributed by atoms with van der Waals surface area (Å²) in [5, 5.41) is 2.67. The SMILES string of the molecule is CCCCCCC(C)OC(=O)Nc1ccc(OC(=O)CC)cc1. The van der Waals surface area contributed by atoms with Crippen LogP contribution in [0.15, 0.2) is 24.3 Å². The Hall–Kier alpha value is -2.04. The fourth-order valence-electron chi connectivity index (χ4n) is 2.06. The van der Waals surface area contributed by atoms with Gasteiger partial charge in [-0.15, -0.1) is 0 Å². The molecule has 0 saturated heterocycles. The molecule has 1 N–H and O–H groups in total. The summed E-state index contributed by atoms with van der Waals surface area (Å²) in [5.74, 6) is 0.169. The third-order valence-corrected chi connectivity index (χ3v) is 3.39. The van der Waals surface area contributed by atoms with E-state index in [1.54, 1.807) is 31.2 Å². The average Bonchev–Trinajstić information content (AvgIpc) is 2.53. The normalized spacial score (nSPS) is 11.6. The first-order valence-corrected chi connectivity index (χ1v) is 8.33. The average molecular weight is 321 g/mol. The van der Waals surface area contributed by atoms with E-state index in [4.69, 9.17) is 9.47 Å². The molecule has 1 atom stereocenters. The first-order chi connectivity index (χ1) is 11.0. The molecule has 0 aliphatic carbocycles. The number of rotatable bonds is 9. The second-order valence-corrected chi connectivity index (χ2v) is 5.54. The van der Waals surface area contributed by atoms with Crippen LogP contribution in [-0.2, 0) is 9.53 Å². The van der Waals surface area contributed by atoms with Crippen LogP contribution in [0.1, 0.15) is 59.3 Å². The van der Waals surface area contributed by atoms with Gasteiger partial charge in [0.15, 0.2) is 0 Å². The van der Waals surface area contributed by atoms with Crippen molar-refractivity contribution in [1.82, 2.24) is 0 Å². The number of hydrogen-bond acceptors (Lipinski definition) is 4. The molecule has 0 aromatic heterocycles. The molecule has 0 aliphatic rings. The van der Waals surface area contributed by atoms with E-state index in [1.807, 2.05) is 6.92 Å². The molecule has 128 valence electrons. The largest absolute Gasteiger partial charge is 0.446 e. The summed E-state index contributed by atoms with van der Waals surface area (Å²) in [6.45, 7) is 5.80. The van der Waals surface area contributed by atoms with Gasteiger partial charge in [0, 0.05) is 12.1 Å². The summed E-state index contributed by atoms with van der Waals surface area (Å²) < 4.78 is 10.4. The van der Waals surface area contributed by atoms with Crippen LogP contribution in [0.3, 0.4) is 0 Å². The molecule has 1 aromatic carbocycles. The van der Waals surface area contributed by atoms with E-state index in [-0.39, 0.29) is 12.1 Å². The van der Waals surface area contributed by atoms with Gasteiger partial charge in [0.2, 0.25) is 0 Å². The van der Waals surface area contributed by atoms with Crippen LogP contribution in [0.5, 0.6) is 5.75 Å². The molecule has 5 heteroatoms. The van der Waals surface area contributed by atoms with E-state index in [9.17, 15) is 9.59 Å². The highest BCUT2D eigenvalue weighted by molar-refractivity contribution is 5.84. The lowest BCUT2D eigenvalue weighted by molar-refractivity contribution is -0.134. The van der Waals surface area contributed by atoms with Crippen LogP contribution in [0.25, 0.3) is 0 Å². The fraction of sp³-hybridized carbons (Fsp3) is 0.556. The van der Waals surface area contributed by atoms with Crippen LogP contribution >= 0.6 is 0 Å². The van der Waals surface area contributed by atoms with Gasteiger partial charge < -0.3 is 9.47 Å². The minimum Gasteiger partial charge on any atom is -0.446 e. The van der Waals surface area contributed by atoms with E-state index < -0.39 is 6.09 Å². The van der Waals surface area contributed by atoms with Gasteiger partial charge in [-0.3, -0.25) is 10.1 Å². The zero-order valence-electron chi connectivity index (χ0n) is 14.3.